The second-order valence-corrected chi connectivity index (χ2v) is 5.56. The standard InChI is InChI=1S/C15H22FNO/c1-3-6-15(7-8-15)10-17-11(2)13-5-4-12(18)9-14(13)16/h4-5,9,11,17-18H,3,6-8,10H2,1-2H3. The lowest BCUT2D eigenvalue weighted by Crippen LogP contribution is -2.27. The van der Waals surface area contributed by atoms with Gasteiger partial charge in [0.25, 0.3) is 0 Å². The highest BCUT2D eigenvalue weighted by molar-refractivity contribution is 5.29. The molecule has 3 heteroatoms. The van der Waals surface area contributed by atoms with E-state index in [1.54, 1.807) is 6.07 Å². The molecule has 1 atom stereocenters. The average Bonchev–Trinajstić information content (AvgIpc) is 3.07. The van der Waals surface area contributed by atoms with E-state index >= 15 is 0 Å². The number of phenols is 1. The van der Waals surface area contributed by atoms with Gasteiger partial charge in [-0.05, 0) is 37.7 Å². The molecule has 0 aromatic heterocycles. The van der Waals surface area contributed by atoms with Gasteiger partial charge in [0.15, 0.2) is 0 Å². The third-order valence-corrected chi connectivity index (χ3v) is 3.97. The third-order valence-electron chi connectivity index (χ3n) is 3.97. The third kappa shape index (κ3) is 3.02. The number of halogens is 1. The van der Waals surface area contributed by atoms with Crippen LogP contribution in [0.15, 0.2) is 18.2 Å². The van der Waals surface area contributed by atoms with E-state index in [9.17, 15) is 9.50 Å². The van der Waals surface area contributed by atoms with Gasteiger partial charge in [-0.1, -0.05) is 19.4 Å². The minimum Gasteiger partial charge on any atom is -0.508 e. The van der Waals surface area contributed by atoms with E-state index in [2.05, 4.69) is 12.2 Å². The van der Waals surface area contributed by atoms with Gasteiger partial charge in [-0.2, -0.15) is 0 Å². The van der Waals surface area contributed by atoms with Crippen LogP contribution in [0.2, 0.25) is 0 Å². The van der Waals surface area contributed by atoms with E-state index in [-0.39, 0.29) is 17.6 Å². The molecule has 1 fully saturated rings. The van der Waals surface area contributed by atoms with Gasteiger partial charge in [-0.3, -0.25) is 0 Å². The van der Waals surface area contributed by atoms with Crippen molar-refractivity contribution in [3.05, 3.63) is 29.6 Å². The van der Waals surface area contributed by atoms with Crippen LogP contribution >= 0.6 is 0 Å². The second-order valence-electron chi connectivity index (χ2n) is 5.56. The molecule has 2 N–H and O–H groups in total. The van der Waals surface area contributed by atoms with Crippen LogP contribution in [0, 0.1) is 11.2 Å². The Labute approximate surface area is 108 Å². The Morgan fingerprint density at radius 3 is 2.72 bits per heavy atom. The predicted molar refractivity (Wildman–Crippen MR) is 71.1 cm³/mol. The molecule has 0 bridgehead atoms. The summed E-state index contributed by atoms with van der Waals surface area (Å²) in [6, 6.07) is 4.35. The smallest absolute Gasteiger partial charge is 0.131 e. The fourth-order valence-electron chi connectivity index (χ4n) is 2.57. The molecule has 1 saturated carbocycles. The molecule has 0 saturated heterocycles. The SMILES string of the molecule is CCCC1(CNC(C)c2ccc(O)cc2F)CC1. The molecule has 1 unspecified atom stereocenters. The first-order valence-corrected chi connectivity index (χ1v) is 6.78. The number of nitrogens with one attached hydrogen (secondary N) is 1. The fraction of sp³-hybridized carbons (Fsp3) is 0.600. The van der Waals surface area contributed by atoms with Crippen molar-refractivity contribution < 1.29 is 9.50 Å². The molecular formula is C15H22FNO. The van der Waals surface area contributed by atoms with Gasteiger partial charge in [0.2, 0.25) is 0 Å². The van der Waals surface area contributed by atoms with E-state index < -0.39 is 0 Å². The number of phenolic OH excluding ortho intramolecular Hbond substituents is 1. The molecule has 0 amide bonds. The van der Waals surface area contributed by atoms with Crippen molar-refractivity contribution in [2.45, 2.75) is 45.6 Å². The van der Waals surface area contributed by atoms with Crippen LogP contribution in [-0.4, -0.2) is 11.7 Å². The molecule has 0 radical (unpaired) electrons. The zero-order valence-electron chi connectivity index (χ0n) is 11.2. The van der Waals surface area contributed by atoms with Crippen molar-refractivity contribution in [2.24, 2.45) is 5.41 Å². The zero-order chi connectivity index (χ0) is 13.2. The molecule has 100 valence electrons. The Morgan fingerprint density at radius 1 is 1.44 bits per heavy atom. The lowest BCUT2D eigenvalue weighted by molar-refractivity contribution is 0.392. The van der Waals surface area contributed by atoms with E-state index in [1.165, 1.54) is 37.8 Å². The first-order valence-electron chi connectivity index (χ1n) is 6.78. The largest absolute Gasteiger partial charge is 0.508 e. The second kappa shape index (κ2) is 5.27. The number of aromatic hydroxyl groups is 1. The predicted octanol–water partition coefficient (Wildman–Crippen LogP) is 3.76. The van der Waals surface area contributed by atoms with Crippen molar-refractivity contribution in [1.29, 1.82) is 0 Å². The summed E-state index contributed by atoms with van der Waals surface area (Å²) in [5.74, 6) is -0.358. The summed E-state index contributed by atoms with van der Waals surface area (Å²) in [6.07, 6.45) is 5.05. The number of hydrogen-bond acceptors (Lipinski definition) is 2. The molecule has 0 heterocycles. The van der Waals surface area contributed by atoms with Crippen molar-refractivity contribution >= 4 is 0 Å². The maximum Gasteiger partial charge on any atom is 0.131 e. The molecule has 1 aromatic rings. The highest BCUT2D eigenvalue weighted by Crippen LogP contribution is 2.49. The van der Waals surface area contributed by atoms with Gasteiger partial charge in [-0.25, -0.2) is 4.39 Å². The lowest BCUT2D eigenvalue weighted by atomic mass is 9.99. The minimum absolute atomic E-state index is 0.0140. The summed E-state index contributed by atoms with van der Waals surface area (Å²) < 4.78 is 13.7. The van der Waals surface area contributed by atoms with Crippen molar-refractivity contribution in [2.75, 3.05) is 6.54 Å². The van der Waals surface area contributed by atoms with Crippen LogP contribution in [0.1, 0.15) is 51.1 Å². The molecular weight excluding hydrogens is 229 g/mol. The fourth-order valence-corrected chi connectivity index (χ4v) is 2.57. The van der Waals surface area contributed by atoms with Gasteiger partial charge >= 0.3 is 0 Å². The Balaban J connectivity index is 1.93. The molecule has 1 aromatic carbocycles. The Hall–Kier alpha value is -1.09. The maximum absolute atomic E-state index is 13.7. The Bertz CT molecular complexity index is 415. The van der Waals surface area contributed by atoms with Crippen LogP contribution in [0.5, 0.6) is 5.75 Å². The van der Waals surface area contributed by atoms with E-state index in [0.717, 1.165) is 6.54 Å². The van der Waals surface area contributed by atoms with Crippen LogP contribution < -0.4 is 5.32 Å². The van der Waals surface area contributed by atoms with Crippen molar-refractivity contribution in [3.63, 3.8) is 0 Å². The average molecular weight is 251 g/mol. The normalized spacial score (nSPS) is 18.6. The van der Waals surface area contributed by atoms with E-state index in [0.29, 0.717) is 11.0 Å². The topological polar surface area (TPSA) is 32.3 Å². The van der Waals surface area contributed by atoms with E-state index in [4.69, 9.17) is 0 Å². The number of hydrogen-bond donors (Lipinski definition) is 2. The number of rotatable bonds is 6. The molecule has 1 aliphatic rings. The number of benzene rings is 1. The maximum atomic E-state index is 13.7. The summed E-state index contributed by atoms with van der Waals surface area (Å²) in [7, 11) is 0. The van der Waals surface area contributed by atoms with Gasteiger partial charge in [-0.15, -0.1) is 0 Å². The van der Waals surface area contributed by atoms with Gasteiger partial charge in [0.1, 0.15) is 11.6 Å². The molecule has 0 spiro atoms. The highest BCUT2D eigenvalue weighted by atomic mass is 19.1. The molecule has 18 heavy (non-hydrogen) atoms. The van der Waals surface area contributed by atoms with Crippen LogP contribution in [0.25, 0.3) is 0 Å². The summed E-state index contributed by atoms with van der Waals surface area (Å²) >= 11 is 0. The summed E-state index contributed by atoms with van der Waals surface area (Å²) in [6.45, 7) is 5.14. The van der Waals surface area contributed by atoms with Gasteiger partial charge in [0.05, 0.1) is 0 Å². The summed E-state index contributed by atoms with van der Waals surface area (Å²) in [4.78, 5) is 0. The molecule has 0 aliphatic heterocycles. The zero-order valence-corrected chi connectivity index (χ0v) is 11.2. The molecule has 2 nitrogen and oxygen atoms in total. The molecule has 1 aliphatic carbocycles. The Kier molecular flexibility index (Phi) is 3.91. The lowest BCUT2D eigenvalue weighted by Gasteiger charge is -2.20. The van der Waals surface area contributed by atoms with Gasteiger partial charge < -0.3 is 10.4 Å². The van der Waals surface area contributed by atoms with E-state index in [1.807, 2.05) is 6.92 Å². The summed E-state index contributed by atoms with van der Waals surface area (Å²) in [5, 5.41) is 12.6. The first kappa shape index (κ1) is 13.3. The summed E-state index contributed by atoms with van der Waals surface area (Å²) in [5.41, 5.74) is 1.09. The van der Waals surface area contributed by atoms with Gasteiger partial charge in [0, 0.05) is 24.2 Å². The van der Waals surface area contributed by atoms with Crippen molar-refractivity contribution in [3.8, 4) is 5.75 Å². The van der Waals surface area contributed by atoms with Crippen LogP contribution in [0.3, 0.4) is 0 Å². The van der Waals surface area contributed by atoms with Crippen LogP contribution in [-0.2, 0) is 0 Å². The van der Waals surface area contributed by atoms with Crippen molar-refractivity contribution in [1.82, 2.24) is 5.32 Å². The quantitative estimate of drug-likeness (QED) is 0.806. The Morgan fingerprint density at radius 2 is 2.17 bits per heavy atom. The monoisotopic (exact) mass is 251 g/mol. The van der Waals surface area contributed by atoms with Crippen LogP contribution in [0.4, 0.5) is 4.39 Å². The highest BCUT2D eigenvalue weighted by Gasteiger charge is 2.41. The first-order chi connectivity index (χ1) is 8.56. The minimum atomic E-state index is -0.338. The molecule has 2 rings (SSSR count).